The lowest BCUT2D eigenvalue weighted by molar-refractivity contribution is -0.141. The number of aliphatic carboxylic acids is 1. The zero-order chi connectivity index (χ0) is 18.1. The largest absolute Gasteiger partial charge is 0.507 e. The van der Waals surface area contributed by atoms with Crippen LogP contribution < -0.4 is 10.2 Å². The summed E-state index contributed by atoms with van der Waals surface area (Å²) in [6.07, 6.45) is 0.921. The monoisotopic (exact) mass is 342 g/mol. The first-order chi connectivity index (χ1) is 11.9. The predicted octanol–water partition coefficient (Wildman–Crippen LogP) is 3.31. The van der Waals surface area contributed by atoms with Gasteiger partial charge in [-0.05, 0) is 36.6 Å². The van der Waals surface area contributed by atoms with Gasteiger partial charge in [-0.15, -0.1) is 0 Å². The van der Waals surface area contributed by atoms with Gasteiger partial charge in [0.05, 0.1) is 18.4 Å². The Balaban J connectivity index is 2.18. The number of hydrogen-bond acceptors (Lipinski definition) is 5. The van der Waals surface area contributed by atoms with Gasteiger partial charge in [-0.3, -0.25) is 9.59 Å². The van der Waals surface area contributed by atoms with Crippen LogP contribution in [0.4, 0.5) is 0 Å². The summed E-state index contributed by atoms with van der Waals surface area (Å²) in [6.45, 7) is 1.65. The fourth-order valence-electron chi connectivity index (χ4n) is 2.88. The minimum atomic E-state index is -0.854. The number of methoxy groups -OCH3 is 1. The number of hydrogen-bond donors (Lipinski definition) is 2. The molecule has 0 aliphatic heterocycles. The van der Waals surface area contributed by atoms with Gasteiger partial charge in [0.25, 0.3) is 0 Å². The van der Waals surface area contributed by atoms with Crippen molar-refractivity contribution in [2.24, 2.45) is 5.92 Å². The molecule has 0 aliphatic carbocycles. The topological polar surface area (TPSA) is 97.0 Å². The van der Waals surface area contributed by atoms with Gasteiger partial charge in [0, 0.05) is 0 Å². The van der Waals surface area contributed by atoms with Gasteiger partial charge in [-0.2, -0.15) is 0 Å². The van der Waals surface area contributed by atoms with E-state index in [0.717, 1.165) is 5.56 Å². The van der Waals surface area contributed by atoms with E-state index in [1.807, 2.05) is 0 Å². The van der Waals surface area contributed by atoms with E-state index < -0.39 is 11.9 Å². The first-order valence-corrected chi connectivity index (χ1v) is 7.91. The maximum atomic E-state index is 12.7. The smallest absolute Gasteiger partial charge is 0.306 e. The number of phenols is 1. The Hall–Kier alpha value is -3.02. The average Bonchev–Trinajstić information content (AvgIpc) is 2.59. The van der Waals surface area contributed by atoms with Crippen LogP contribution in [0.15, 0.2) is 39.5 Å². The van der Waals surface area contributed by atoms with Gasteiger partial charge >= 0.3 is 5.97 Å². The molecule has 1 atom stereocenters. The Morgan fingerprint density at radius 2 is 2.04 bits per heavy atom. The lowest BCUT2D eigenvalue weighted by Crippen LogP contribution is -2.11. The summed E-state index contributed by atoms with van der Waals surface area (Å²) in [6, 6.07) is 7.99. The van der Waals surface area contributed by atoms with Gasteiger partial charge < -0.3 is 19.4 Å². The third-order valence-electron chi connectivity index (χ3n) is 4.35. The Bertz CT molecular complexity index is 1020. The van der Waals surface area contributed by atoms with Crippen LogP contribution in [0.2, 0.25) is 0 Å². The van der Waals surface area contributed by atoms with Gasteiger partial charge in [-0.1, -0.05) is 19.1 Å². The maximum absolute atomic E-state index is 12.7. The molecule has 0 aliphatic rings. The van der Waals surface area contributed by atoms with E-state index in [1.165, 1.54) is 13.2 Å². The highest BCUT2D eigenvalue weighted by molar-refractivity contribution is 5.95. The Morgan fingerprint density at radius 3 is 2.72 bits per heavy atom. The van der Waals surface area contributed by atoms with Crippen molar-refractivity contribution in [2.75, 3.05) is 7.11 Å². The van der Waals surface area contributed by atoms with E-state index in [-0.39, 0.29) is 22.1 Å². The van der Waals surface area contributed by atoms with E-state index in [0.29, 0.717) is 29.6 Å². The lowest BCUT2D eigenvalue weighted by atomic mass is 9.99. The number of carboxylic acids is 1. The summed E-state index contributed by atoms with van der Waals surface area (Å²) in [5.74, 6) is -1.06. The molecule has 0 saturated carbocycles. The van der Waals surface area contributed by atoms with Crippen LogP contribution in [0.3, 0.4) is 0 Å². The van der Waals surface area contributed by atoms with E-state index in [4.69, 9.17) is 14.3 Å². The molecule has 0 amide bonds. The lowest BCUT2D eigenvalue weighted by Gasteiger charge is -2.13. The van der Waals surface area contributed by atoms with Crippen molar-refractivity contribution < 1.29 is 24.2 Å². The highest BCUT2D eigenvalue weighted by atomic mass is 16.5. The SMILES string of the molecule is COc1c(CC[C@@H](C)C(=O)O)ccc2c(=O)c3c(O)cccc3oc12. The molecule has 6 heteroatoms. The molecule has 0 spiro atoms. The molecule has 6 nitrogen and oxygen atoms in total. The van der Waals surface area contributed by atoms with Crippen molar-refractivity contribution in [3.63, 3.8) is 0 Å². The third-order valence-corrected chi connectivity index (χ3v) is 4.35. The van der Waals surface area contributed by atoms with Crippen LogP contribution in [-0.4, -0.2) is 23.3 Å². The van der Waals surface area contributed by atoms with Crippen LogP contribution in [0.25, 0.3) is 21.9 Å². The summed E-state index contributed by atoms with van der Waals surface area (Å²) in [4.78, 5) is 23.7. The molecule has 0 radical (unpaired) electrons. The van der Waals surface area contributed by atoms with Crippen molar-refractivity contribution in [3.05, 3.63) is 46.1 Å². The molecule has 2 N–H and O–H groups in total. The van der Waals surface area contributed by atoms with Crippen LogP contribution in [0, 0.1) is 5.92 Å². The van der Waals surface area contributed by atoms with Crippen LogP contribution in [-0.2, 0) is 11.2 Å². The van der Waals surface area contributed by atoms with E-state index in [9.17, 15) is 14.7 Å². The number of rotatable bonds is 5. The van der Waals surface area contributed by atoms with Crippen LogP contribution >= 0.6 is 0 Å². The van der Waals surface area contributed by atoms with Gasteiger partial charge in [-0.25, -0.2) is 0 Å². The molecule has 2 aromatic carbocycles. The summed E-state index contributed by atoms with van der Waals surface area (Å²) >= 11 is 0. The first-order valence-electron chi connectivity index (χ1n) is 7.91. The molecular weight excluding hydrogens is 324 g/mol. The van der Waals surface area contributed by atoms with Gasteiger partial charge in [0.2, 0.25) is 5.43 Å². The predicted molar refractivity (Wildman–Crippen MR) is 93.3 cm³/mol. The summed E-state index contributed by atoms with van der Waals surface area (Å²) in [5.41, 5.74) is 1.00. The van der Waals surface area contributed by atoms with E-state index in [1.54, 1.807) is 31.2 Å². The molecule has 3 rings (SSSR count). The second-order valence-electron chi connectivity index (χ2n) is 5.99. The maximum Gasteiger partial charge on any atom is 0.306 e. The summed E-state index contributed by atoms with van der Waals surface area (Å²) in [5, 5.41) is 19.4. The fraction of sp³-hybridized carbons (Fsp3) is 0.263. The van der Waals surface area contributed by atoms with Gasteiger partial charge in [0.1, 0.15) is 16.7 Å². The average molecular weight is 342 g/mol. The van der Waals surface area contributed by atoms with E-state index >= 15 is 0 Å². The molecule has 0 saturated heterocycles. The molecule has 1 aromatic heterocycles. The molecule has 0 fully saturated rings. The molecule has 130 valence electrons. The second-order valence-corrected chi connectivity index (χ2v) is 5.99. The molecule has 25 heavy (non-hydrogen) atoms. The number of fused-ring (bicyclic) bond motifs is 2. The van der Waals surface area contributed by atoms with Gasteiger partial charge in [0.15, 0.2) is 11.3 Å². The molecule has 1 heterocycles. The number of aromatic hydroxyl groups is 1. The number of benzene rings is 2. The zero-order valence-corrected chi connectivity index (χ0v) is 13.9. The van der Waals surface area contributed by atoms with Crippen molar-refractivity contribution in [1.29, 1.82) is 0 Å². The summed E-state index contributed by atoms with van der Waals surface area (Å²) < 4.78 is 11.3. The molecule has 0 bridgehead atoms. The Morgan fingerprint density at radius 1 is 1.28 bits per heavy atom. The highest BCUT2D eigenvalue weighted by Gasteiger charge is 2.18. The minimum Gasteiger partial charge on any atom is -0.507 e. The zero-order valence-electron chi connectivity index (χ0n) is 13.9. The first kappa shape index (κ1) is 16.8. The number of phenolic OH excluding ortho intramolecular Hbond substituents is 1. The fourth-order valence-corrected chi connectivity index (χ4v) is 2.88. The minimum absolute atomic E-state index is 0.129. The number of ether oxygens (including phenoxy) is 1. The van der Waals surface area contributed by atoms with Crippen LogP contribution in [0.1, 0.15) is 18.9 Å². The van der Waals surface area contributed by atoms with Crippen molar-refractivity contribution >= 4 is 27.9 Å². The second kappa shape index (κ2) is 6.47. The van der Waals surface area contributed by atoms with Crippen molar-refractivity contribution in [3.8, 4) is 11.5 Å². The molecule has 3 aromatic rings. The highest BCUT2D eigenvalue weighted by Crippen LogP contribution is 2.33. The van der Waals surface area contributed by atoms with E-state index in [2.05, 4.69) is 0 Å². The summed E-state index contributed by atoms with van der Waals surface area (Å²) in [7, 11) is 1.48. The number of aryl methyl sites for hydroxylation is 1. The van der Waals surface area contributed by atoms with Crippen molar-refractivity contribution in [2.45, 2.75) is 19.8 Å². The number of carboxylic acid groups (broad SMARTS) is 1. The standard InChI is InChI=1S/C19H18O6/c1-10(19(22)23)6-7-11-8-9-12-16(21)15-13(20)4-3-5-14(15)25-18(12)17(11)24-2/h3-5,8-10,20H,6-7H2,1-2H3,(H,22,23)/t10-/m1/s1. The normalized spacial score (nSPS) is 12.4. The Labute approximate surface area is 143 Å². The quantitative estimate of drug-likeness (QED) is 0.691. The van der Waals surface area contributed by atoms with Crippen molar-refractivity contribution in [1.82, 2.24) is 0 Å². The third kappa shape index (κ3) is 2.91. The molecule has 0 unspecified atom stereocenters. The Kier molecular flexibility index (Phi) is 4.35. The molecular formula is C19H18O6. The number of carbonyl (C=O) groups is 1. The van der Waals surface area contributed by atoms with Crippen LogP contribution in [0.5, 0.6) is 11.5 Å².